The van der Waals surface area contributed by atoms with Crippen LogP contribution < -0.4 is 5.32 Å². The maximum Gasteiger partial charge on any atom is 0.198 e. The molecule has 158 valence electrons. The molecule has 4 rings (SSSR count). The minimum Gasteiger partial charge on any atom is -0.307 e. The third-order valence-corrected chi connectivity index (χ3v) is 8.85. The largest absolute Gasteiger partial charge is 0.307 e. The summed E-state index contributed by atoms with van der Waals surface area (Å²) in [5.41, 5.74) is 1.12. The molecule has 0 bridgehead atoms. The van der Waals surface area contributed by atoms with Crippen LogP contribution in [0.25, 0.3) is 0 Å². The van der Waals surface area contributed by atoms with Crippen LogP contribution in [-0.4, -0.2) is 34.3 Å². The second kappa shape index (κ2) is 8.13. The zero-order valence-corrected chi connectivity index (χ0v) is 19.0. The third kappa shape index (κ3) is 4.31. The van der Waals surface area contributed by atoms with E-state index in [-0.39, 0.29) is 23.0 Å². The normalized spacial score (nSPS) is 23.3. The van der Waals surface area contributed by atoms with Crippen LogP contribution in [-0.2, 0) is 29.1 Å². The van der Waals surface area contributed by atoms with Crippen LogP contribution in [0.5, 0.6) is 0 Å². The van der Waals surface area contributed by atoms with Crippen LogP contribution in [0.4, 0.5) is 0 Å². The quantitative estimate of drug-likeness (QED) is 0.693. The Hall–Kier alpha value is -1.22. The van der Waals surface area contributed by atoms with E-state index in [0.717, 1.165) is 23.7 Å². The Morgan fingerprint density at radius 2 is 1.93 bits per heavy atom. The maximum absolute atomic E-state index is 11.9. The number of rotatable bonds is 5. The second-order valence-electron chi connectivity index (χ2n) is 8.28. The summed E-state index contributed by atoms with van der Waals surface area (Å²) in [5.74, 6) is 1.08. The van der Waals surface area contributed by atoms with E-state index in [1.807, 2.05) is 23.7 Å². The van der Waals surface area contributed by atoms with Gasteiger partial charge in [-0.25, -0.2) is 13.1 Å². The smallest absolute Gasteiger partial charge is 0.198 e. The molecule has 1 atom stereocenters. The standard InChI is InChI=1S/C20H27ClN4O2S2/c1-24-18(15-9-12-29(26,27)13-15)23-25(19(24)28)14-22-20(10-3-2-4-11-20)16-5-7-17(21)8-6-16/h5-8,15,22H,2-4,9-14H2,1H3. The average molecular weight is 455 g/mol. The number of sulfone groups is 1. The minimum atomic E-state index is -2.97. The molecule has 0 radical (unpaired) electrons. The molecule has 1 saturated heterocycles. The Labute approximate surface area is 182 Å². The molecule has 1 unspecified atom stereocenters. The average Bonchev–Trinajstić information content (AvgIpc) is 3.21. The molecule has 1 aliphatic heterocycles. The highest BCUT2D eigenvalue weighted by atomic mass is 35.5. The van der Waals surface area contributed by atoms with E-state index in [9.17, 15) is 8.42 Å². The van der Waals surface area contributed by atoms with Crippen molar-refractivity contribution in [1.29, 1.82) is 0 Å². The van der Waals surface area contributed by atoms with Crippen LogP contribution in [0, 0.1) is 4.77 Å². The first-order valence-corrected chi connectivity index (χ1v) is 12.8. The van der Waals surface area contributed by atoms with E-state index in [0.29, 0.717) is 17.9 Å². The summed E-state index contributed by atoms with van der Waals surface area (Å²) < 4.78 is 28.0. The van der Waals surface area contributed by atoms with Gasteiger partial charge in [-0.2, -0.15) is 5.10 Å². The number of halogens is 1. The first-order chi connectivity index (χ1) is 13.8. The zero-order valence-electron chi connectivity index (χ0n) is 16.6. The van der Waals surface area contributed by atoms with Crippen molar-refractivity contribution in [2.75, 3.05) is 11.5 Å². The molecule has 1 N–H and O–H groups in total. The summed E-state index contributed by atoms with van der Waals surface area (Å²) in [5, 5.41) is 9.18. The van der Waals surface area contributed by atoms with Gasteiger partial charge in [0, 0.05) is 23.5 Å². The fourth-order valence-corrected chi connectivity index (χ4v) is 6.74. The van der Waals surface area contributed by atoms with Gasteiger partial charge in [0.05, 0.1) is 18.2 Å². The van der Waals surface area contributed by atoms with Gasteiger partial charge in [0.25, 0.3) is 0 Å². The van der Waals surface area contributed by atoms with Crippen LogP contribution in [0.2, 0.25) is 5.02 Å². The van der Waals surface area contributed by atoms with Crippen molar-refractivity contribution in [1.82, 2.24) is 19.7 Å². The predicted molar refractivity (Wildman–Crippen MR) is 117 cm³/mol. The van der Waals surface area contributed by atoms with Gasteiger partial charge in [0.2, 0.25) is 0 Å². The Bertz CT molecular complexity index is 1040. The molecule has 1 aromatic heterocycles. The predicted octanol–water partition coefficient (Wildman–Crippen LogP) is 3.91. The van der Waals surface area contributed by atoms with Gasteiger partial charge in [-0.3, -0.25) is 5.32 Å². The van der Waals surface area contributed by atoms with Crippen molar-refractivity contribution >= 4 is 33.7 Å². The van der Waals surface area contributed by atoms with Gasteiger partial charge >= 0.3 is 0 Å². The molecular formula is C20H27ClN4O2S2. The van der Waals surface area contributed by atoms with Crippen molar-refractivity contribution in [2.24, 2.45) is 7.05 Å². The van der Waals surface area contributed by atoms with Crippen molar-refractivity contribution in [3.63, 3.8) is 0 Å². The summed E-state index contributed by atoms with van der Waals surface area (Å²) in [6, 6.07) is 8.10. The summed E-state index contributed by atoms with van der Waals surface area (Å²) in [7, 11) is -1.09. The van der Waals surface area contributed by atoms with Crippen molar-refractivity contribution in [3.05, 3.63) is 45.4 Å². The summed E-state index contributed by atoms with van der Waals surface area (Å²) in [6.07, 6.45) is 6.33. The summed E-state index contributed by atoms with van der Waals surface area (Å²) in [4.78, 5) is 0. The summed E-state index contributed by atoms with van der Waals surface area (Å²) in [6.45, 7) is 0.495. The maximum atomic E-state index is 11.9. The molecular weight excluding hydrogens is 428 g/mol. The number of nitrogens with zero attached hydrogens (tertiary/aromatic N) is 3. The Kier molecular flexibility index (Phi) is 5.90. The lowest BCUT2D eigenvalue weighted by Gasteiger charge is -2.39. The molecule has 0 spiro atoms. The lowest BCUT2D eigenvalue weighted by atomic mass is 9.76. The molecule has 2 fully saturated rings. The molecule has 1 aromatic carbocycles. The molecule has 1 aliphatic carbocycles. The highest BCUT2D eigenvalue weighted by Crippen LogP contribution is 2.37. The molecule has 2 aromatic rings. The Morgan fingerprint density at radius 3 is 2.55 bits per heavy atom. The molecule has 2 heterocycles. The third-order valence-electron chi connectivity index (χ3n) is 6.34. The Balaban J connectivity index is 1.57. The molecule has 0 amide bonds. The van der Waals surface area contributed by atoms with Crippen LogP contribution in [0.15, 0.2) is 24.3 Å². The lowest BCUT2D eigenvalue weighted by Crippen LogP contribution is -2.45. The number of hydrogen-bond donors (Lipinski definition) is 1. The van der Waals surface area contributed by atoms with Crippen molar-refractivity contribution in [3.8, 4) is 0 Å². The Morgan fingerprint density at radius 1 is 1.24 bits per heavy atom. The van der Waals surface area contributed by atoms with Crippen molar-refractivity contribution < 1.29 is 8.42 Å². The van der Waals surface area contributed by atoms with E-state index < -0.39 is 9.84 Å². The summed E-state index contributed by atoms with van der Waals surface area (Å²) >= 11 is 11.7. The minimum absolute atomic E-state index is 0.0761. The van der Waals surface area contributed by atoms with E-state index in [1.165, 1.54) is 24.8 Å². The van der Waals surface area contributed by atoms with E-state index in [1.54, 1.807) is 4.68 Å². The first kappa shape index (κ1) is 21.0. The highest BCUT2D eigenvalue weighted by molar-refractivity contribution is 7.91. The fourth-order valence-electron chi connectivity index (χ4n) is 4.68. The van der Waals surface area contributed by atoms with Crippen molar-refractivity contribution in [2.45, 2.75) is 56.7 Å². The van der Waals surface area contributed by atoms with Crippen LogP contribution in [0.3, 0.4) is 0 Å². The molecule has 9 heteroatoms. The number of benzene rings is 1. The highest BCUT2D eigenvalue weighted by Gasteiger charge is 2.35. The number of hydrogen-bond acceptors (Lipinski definition) is 5. The van der Waals surface area contributed by atoms with Gasteiger partial charge < -0.3 is 4.57 Å². The van der Waals surface area contributed by atoms with Gasteiger partial charge in [-0.1, -0.05) is 43.0 Å². The number of aromatic nitrogens is 3. The van der Waals surface area contributed by atoms with Gasteiger partial charge in [-0.15, -0.1) is 0 Å². The van der Waals surface area contributed by atoms with Gasteiger partial charge in [0.1, 0.15) is 5.82 Å². The second-order valence-corrected chi connectivity index (χ2v) is 11.3. The molecule has 6 nitrogen and oxygen atoms in total. The van der Waals surface area contributed by atoms with Gasteiger partial charge in [0.15, 0.2) is 14.6 Å². The lowest BCUT2D eigenvalue weighted by molar-refractivity contribution is 0.210. The molecule has 2 aliphatic rings. The van der Waals surface area contributed by atoms with Crippen LogP contribution in [0.1, 0.15) is 55.8 Å². The monoisotopic (exact) mass is 454 g/mol. The van der Waals surface area contributed by atoms with E-state index in [4.69, 9.17) is 28.9 Å². The van der Waals surface area contributed by atoms with Crippen LogP contribution >= 0.6 is 23.8 Å². The topological polar surface area (TPSA) is 68.9 Å². The molecule has 1 saturated carbocycles. The fraction of sp³-hybridized carbons (Fsp3) is 0.600. The SMILES string of the molecule is Cn1c(C2CCS(=O)(=O)C2)nn(CNC2(c3ccc(Cl)cc3)CCCCC2)c1=S. The number of nitrogens with one attached hydrogen (secondary N) is 1. The zero-order chi connectivity index (χ0) is 20.6. The van der Waals surface area contributed by atoms with E-state index >= 15 is 0 Å². The first-order valence-electron chi connectivity index (χ1n) is 10.1. The van der Waals surface area contributed by atoms with Gasteiger partial charge in [-0.05, 0) is 49.2 Å². The molecule has 29 heavy (non-hydrogen) atoms. The van der Waals surface area contributed by atoms with E-state index in [2.05, 4.69) is 17.4 Å².